The summed E-state index contributed by atoms with van der Waals surface area (Å²) in [6.45, 7) is 13.3. The third-order valence-electron chi connectivity index (χ3n) is 5.61. The Morgan fingerprint density at radius 1 is 0.795 bits per heavy atom. The SMILES string of the molecule is CCC(=O)NCCCOCCOCCOCCCNC(=O)CCc1cn(CCOCCC(=O)C(C)(C)C)nn1. The Bertz CT molecular complexity index is 811. The number of hydrogen-bond donors (Lipinski definition) is 2. The van der Waals surface area contributed by atoms with E-state index in [2.05, 4.69) is 20.9 Å². The van der Waals surface area contributed by atoms with E-state index in [1.807, 2.05) is 33.9 Å². The van der Waals surface area contributed by atoms with E-state index in [0.29, 0.717) is 98.2 Å². The number of ether oxygens (including phenoxy) is 4. The quantitative estimate of drug-likeness (QED) is 0.182. The minimum atomic E-state index is -0.339. The van der Waals surface area contributed by atoms with E-state index in [1.54, 1.807) is 4.68 Å². The van der Waals surface area contributed by atoms with Crippen LogP contribution in [0.15, 0.2) is 6.20 Å². The Labute approximate surface area is 232 Å². The van der Waals surface area contributed by atoms with Gasteiger partial charge >= 0.3 is 0 Å². The van der Waals surface area contributed by atoms with Crippen LogP contribution in [0.4, 0.5) is 0 Å². The fourth-order valence-electron chi connectivity index (χ4n) is 3.16. The first-order chi connectivity index (χ1) is 18.7. The minimum Gasteiger partial charge on any atom is -0.379 e. The Morgan fingerprint density at radius 3 is 1.95 bits per heavy atom. The standard InChI is InChI=1S/C27H49N5O7/c1-5-25(34)28-11-6-14-36-18-20-39-21-19-37-15-7-12-29-26(35)9-8-23-22-32(31-30-23)13-17-38-16-10-24(33)27(2,3)4/h22H,5-21H2,1-4H3,(H,28,34)(H,29,35). The van der Waals surface area contributed by atoms with Gasteiger partial charge in [0.1, 0.15) is 5.78 Å². The van der Waals surface area contributed by atoms with Crippen LogP contribution in [0.2, 0.25) is 0 Å². The molecule has 12 heteroatoms. The van der Waals surface area contributed by atoms with Gasteiger partial charge in [-0.05, 0) is 12.8 Å². The van der Waals surface area contributed by atoms with Crippen LogP contribution in [0.1, 0.15) is 65.5 Å². The molecule has 0 radical (unpaired) electrons. The molecule has 1 aromatic rings. The first kappa shape index (κ1) is 34.6. The molecular weight excluding hydrogens is 506 g/mol. The van der Waals surface area contributed by atoms with Gasteiger partial charge in [0.05, 0.1) is 51.9 Å². The van der Waals surface area contributed by atoms with Crippen molar-refractivity contribution in [2.24, 2.45) is 5.41 Å². The summed E-state index contributed by atoms with van der Waals surface area (Å²) in [5, 5.41) is 13.8. The molecule has 0 saturated carbocycles. The number of rotatable bonds is 24. The second-order valence-electron chi connectivity index (χ2n) is 10.1. The van der Waals surface area contributed by atoms with E-state index >= 15 is 0 Å². The van der Waals surface area contributed by atoms with E-state index < -0.39 is 0 Å². The highest BCUT2D eigenvalue weighted by molar-refractivity contribution is 5.83. The number of carbonyl (C=O) groups excluding carboxylic acids is 3. The number of aromatic nitrogens is 3. The molecule has 0 spiro atoms. The molecule has 2 amide bonds. The number of amides is 2. The summed E-state index contributed by atoms with van der Waals surface area (Å²) in [5.74, 6) is 0.204. The first-order valence-corrected chi connectivity index (χ1v) is 14.0. The summed E-state index contributed by atoms with van der Waals surface area (Å²) in [6, 6.07) is 0. The zero-order chi connectivity index (χ0) is 28.8. The van der Waals surface area contributed by atoms with E-state index in [-0.39, 0.29) is 23.0 Å². The van der Waals surface area contributed by atoms with Crippen LogP contribution in [0.25, 0.3) is 0 Å². The third-order valence-corrected chi connectivity index (χ3v) is 5.61. The molecule has 224 valence electrons. The van der Waals surface area contributed by atoms with Crippen LogP contribution in [0.3, 0.4) is 0 Å². The second kappa shape index (κ2) is 21.4. The van der Waals surface area contributed by atoms with Crippen molar-refractivity contribution in [3.8, 4) is 0 Å². The summed E-state index contributed by atoms with van der Waals surface area (Å²) in [6.07, 6.45) is 5.08. The average molecular weight is 556 g/mol. The van der Waals surface area contributed by atoms with Crippen molar-refractivity contribution >= 4 is 17.6 Å². The Morgan fingerprint density at radius 2 is 1.36 bits per heavy atom. The average Bonchev–Trinajstić information content (AvgIpc) is 3.36. The largest absolute Gasteiger partial charge is 0.379 e. The number of nitrogens with one attached hydrogen (secondary N) is 2. The highest BCUT2D eigenvalue weighted by Crippen LogP contribution is 2.16. The van der Waals surface area contributed by atoms with Crippen LogP contribution in [-0.2, 0) is 46.3 Å². The number of ketones is 1. The Hall–Kier alpha value is -2.41. The summed E-state index contributed by atoms with van der Waals surface area (Å²) in [4.78, 5) is 35.0. The lowest BCUT2D eigenvalue weighted by Crippen LogP contribution is -2.25. The van der Waals surface area contributed by atoms with Gasteiger partial charge in [0, 0.05) is 63.6 Å². The van der Waals surface area contributed by atoms with Crippen LogP contribution in [0.5, 0.6) is 0 Å². The summed E-state index contributed by atoms with van der Waals surface area (Å²) < 4.78 is 23.6. The van der Waals surface area contributed by atoms with Crippen LogP contribution in [0, 0.1) is 5.41 Å². The maximum atomic E-state index is 12.1. The van der Waals surface area contributed by atoms with E-state index in [0.717, 1.165) is 18.5 Å². The van der Waals surface area contributed by atoms with Crippen LogP contribution in [-0.4, -0.2) is 98.5 Å². The van der Waals surface area contributed by atoms with Crippen molar-refractivity contribution in [1.82, 2.24) is 25.6 Å². The van der Waals surface area contributed by atoms with Crippen LogP contribution >= 0.6 is 0 Å². The minimum absolute atomic E-state index is 0.0347. The van der Waals surface area contributed by atoms with Gasteiger partial charge < -0.3 is 29.6 Å². The molecule has 0 atom stereocenters. The highest BCUT2D eigenvalue weighted by Gasteiger charge is 2.20. The molecule has 0 aliphatic rings. The number of aryl methyl sites for hydroxylation is 1. The van der Waals surface area contributed by atoms with Gasteiger partial charge in [0.25, 0.3) is 0 Å². The van der Waals surface area contributed by atoms with Gasteiger partial charge in [-0.25, -0.2) is 4.68 Å². The smallest absolute Gasteiger partial charge is 0.220 e. The molecule has 0 bridgehead atoms. The zero-order valence-corrected chi connectivity index (χ0v) is 24.3. The van der Waals surface area contributed by atoms with E-state index in [4.69, 9.17) is 18.9 Å². The van der Waals surface area contributed by atoms with Gasteiger partial charge in [-0.15, -0.1) is 5.10 Å². The van der Waals surface area contributed by atoms with E-state index in [9.17, 15) is 14.4 Å². The maximum absolute atomic E-state index is 12.1. The molecule has 0 aromatic carbocycles. The normalized spacial score (nSPS) is 11.5. The lowest BCUT2D eigenvalue weighted by Gasteiger charge is -2.16. The van der Waals surface area contributed by atoms with Gasteiger partial charge in [-0.1, -0.05) is 32.9 Å². The third kappa shape index (κ3) is 19.3. The molecule has 0 aliphatic carbocycles. The highest BCUT2D eigenvalue weighted by atomic mass is 16.5. The summed E-state index contributed by atoms with van der Waals surface area (Å²) in [5.41, 5.74) is 0.413. The van der Waals surface area contributed by atoms with Gasteiger partial charge in [-0.3, -0.25) is 14.4 Å². The topological polar surface area (TPSA) is 143 Å². The molecular formula is C27H49N5O7. The van der Waals surface area contributed by atoms with Gasteiger partial charge in [-0.2, -0.15) is 0 Å². The Balaban J connectivity index is 1.91. The molecule has 0 aliphatic heterocycles. The van der Waals surface area contributed by atoms with Gasteiger partial charge in [0.2, 0.25) is 11.8 Å². The van der Waals surface area contributed by atoms with Crippen molar-refractivity contribution in [2.75, 3.05) is 65.9 Å². The summed E-state index contributed by atoms with van der Waals surface area (Å²) >= 11 is 0. The lowest BCUT2D eigenvalue weighted by atomic mass is 9.89. The van der Waals surface area contributed by atoms with Crippen molar-refractivity contribution < 1.29 is 33.3 Å². The van der Waals surface area contributed by atoms with E-state index in [1.165, 1.54) is 0 Å². The molecule has 2 N–H and O–H groups in total. The monoisotopic (exact) mass is 555 g/mol. The second-order valence-corrected chi connectivity index (χ2v) is 10.1. The number of Topliss-reactive ketones (excluding diaryl/α,β-unsaturated/α-hetero) is 1. The molecule has 1 rings (SSSR count). The fraction of sp³-hybridized carbons (Fsp3) is 0.815. The molecule has 1 aromatic heterocycles. The van der Waals surface area contributed by atoms with Crippen LogP contribution < -0.4 is 10.6 Å². The van der Waals surface area contributed by atoms with Crippen molar-refractivity contribution in [3.05, 3.63) is 11.9 Å². The number of nitrogens with zero attached hydrogens (tertiary/aromatic N) is 3. The fourth-order valence-corrected chi connectivity index (χ4v) is 3.16. The molecule has 12 nitrogen and oxygen atoms in total. The van der Waals surface area contributed by atoms with Gasteiger partial charge in [0.15, 0.2) is 0 Å². The van der Waals surface area contributed by atoms with Crippen molar-refractivity contribution in [2.45, 2.75) is 72.8 Å². The lowest BCUT2D eigenvalue weighted by molar-refractivity contribution is -0.127. The van der Waals surface area contributed by atoms with Crippen molar-refractivity contribution in [3.63, 3.8) is 0 Å². The first-order valence-electron chi connectivity index (χ1n) is 14.0. The molecule has 1 heterocycles. The number of carbonyl (C=O) groups is 3. The number of hydrogen-bond acceptors (Lipinski definition) is 9. The maximum Gasteiger partial charge on any atom is 0.220 e. The molecule has 39 heavy (non-hydrogen) atoms. The molecule has 0 fully saturated rings. The zero-order valence-electron chi connectivity index (χ0n) is 24.3. The predicted molar refractivity (Wildman–Crippen MR) is 146 cm³/mol. The predicted octanol–water partition coefficient (Wildman–Crippen LogP) is 1.71. The molecule has 0 unspecified atom stereocenters. The molecule has 0 saturated heterocycles. The summed E-state index contributed by atoms with van der Waals surface area (Å²) in [7, 11) is 0. The van der Waals surface area contributed by atoms with Crippen molar-refractivity contribution in [1.29, 1.82) is 0 Å². The Kier molecular flexibility index (Phi) is 19.0.